The smallest absolute Gasteiger partial charge is 0.256 e. The Bertz CT molecular complexity index is 599. The van der Waals surface area contributed by atoms with Crippen molar-refractivity contribution in [3.05, 3.63) is 52.1 Å². The zero-order valence-electron chi connectivity index (χ0n) is 9.77. The van der Waals surface area contributed by atoms with Crippen LogP contribution in [0.1, 0.15) is 15.9 Å². The lowest BCUT2D eigenvalue weighted by Gasteiger charge is -2.07. The first kappa shape index (κ1) is 12.6. The Morgan fingerprint density at radius 3 is 2.83 bits per heavy atom. The highest BCUT2D eigenvalue weighted by Gasteiger charge is 2.09. The van der Waals surface area contributed by atoms with Crippen molar-refractivity contribution in [2.75, 3.05) is 11.1 Å². The summed E-state index contributed by atoms with van der Waals surface area (Å²) >= 11 is 3.33. The standard InChI is InChI=1S/C13H12BrN3O/c1-8-7-9(4-5-11(8)15)13(18)17-12-10(14)3-2-6-16-12/h2-7H,15H2,1H3,(H,16,17,18). The van der Waals surface area contributed by atoms with Gasteiger partial charge in [0, 0.05) is 17.4 Å². The average Bonchev–Trinajstić information content (AvgIpc) is 2.35. The van der Waals surface area contributed by atoms with Crippen molar-refractivity contribution in [1.29, 1.82) is 0 Å². The molecule has 0 saturated carbocycles. The second-order valence-corrected chi connectivity index (χ2v) is 4.71. The van der Waals surface area contributed by atoms with Gasteiger partial charge in [-0.05, 0) is 58.7 Å². The van der Waals surface area contributed by atoms with Gasteiger partial charge in [0.25, 0.3) is 5.91 Å². The molecular weight excluding hydrogens is 294 g/mol. The van der Waals surface area contributed by atoms with E-state index in [9.17, 15) is 4.79 Å². The average molecular weight is 306 g/mol. The number of aryl methyl sites for hydroxylation is 1. The van der Waals surface area contributed by atoms with Gasteiger partial charge < -0.3 is 11.1 Å². The highest BCUT2D eigenvalue weighted by atomic mass is 79.9. The fraction of sp³-hybridized carbons (Fsp3) is 0.0769. The number of hydrogen-bond donors (Lipinski definition) is 2. The topological polar surface area (TPSA) is 68.0 Å². The van der Waals surface area contributed by atoms with Gasteiger partial charge in [-0.25, -0.2) is 4.98 Å². The van der Waals surface area contributed by atoms with Gasteiger partial charge in [0.05, 0.1) is 4.47 Å². The van der Waals surface area contributed by atoms with Gasteiger partial charge in [-0.3, -0.25) is 4.79 Å². The highest BCUT2D eigenvalue weighted by Crippen LogP contribution is 2.20. The Balaban J connectivity index is 2.22. The molecule has 0 spiro atoms. The van der Waals surface area contributed by atoms with Crippen molar-refractivity contribution in [2.24, 2.45) is 0 Å². The first-order valence-corrected chi connectivity index (χ1v) is 6.15. The fourth-order valence-electron chi connectivity index (χ4n) is 1.47. The number of nitrogens with zero attached hydrogens (tertiary/aromatic N) is 1. The van der Waals surface area contributed by atoms with Crippen LogP contribution in [0.4, 0.5) is 11.5 Å². The molecule has 2 aromatic rings. The summed E-state index contributed by atoms with van der Waals surface area (Å²) in [7, 11) is 0. The molecule has 3 N–H and O–H groups in total. The maximum atomic E-state index is 12.0. The number of hydrogen-bond acceptors (Lipinski definition) is 3. The lowest BCUT2D eigenvalue weighted by molar-refractivity contribution is 0.102. The molecule has 0 saturated heterocycles. The minimum absolute atomic E-state index is 0.211. The first-order valence-electron chi connectivity index (χ1n) is 5.36. The third-order valence-electron chi connectivity index (χ3n) is 2.52. The van der Waals surface area contributed by atoms with E-state index in [4.69, 9.17) is 5.73 Å². The molecule has 0 aliphatic rings. The van der Waals surface area contributed by atoms with E-state index in [-0.39, 0.29) is 5.91 Å². The van der Waals surface area contributed by atoms with E-state index in [1.165, 1.54) is 0 Å². The van der Waals surface area contributed by atoms with E-state index in [1.54, 1.807) is 30.5 Å². The molecule has 18 heavy (non-hydrogen) atoms. The number of rotatable bonds is 2. The molecule has 5 heteroatoms. The van der Waals surface area contributed by atoms with Crippen LogP contribution in [-0.2, 0) is 0 Å². The second kappa shape index (κ2) is 5.18. The fourth-order valence-corrected chi connectivity index (χ4v) is 1.83. The molecule has 1 aromatic heterocycles. The number of carbonyl (C=O) groups is 1. The van der Waals surface area contributed by atoms with E-state index in [0.29, 0.717) is 17.1 Å². The number of pyridine rings is 1. The van der Waals surface area contributed by atoms with Crippen LogP contribution in [0.25, 0.3) is 0 Å². The van der Waals surface area contributed by atoms with Crippen LogP contribution in [0.3, 0.4) is 0 Å². The van der Waals surface area contributed by atoms with Crippen molar-refractivity contribution in [2.45, 2.75) is 6.92 Å². The van der Waals surface area contributed by atoms with E-state index in [0.717, 1.165) is 10.0 Å². The molecule has 0 aliphatic heterocycles. The monoisotopic (exact) mass is 305 g/mol. The van der Waals surface area contributed by atoms with Gasteiger partial charge in [0.1, 0.15) is 5.82 Å². The third-order valence-corrected chi connectivity index (χ3v) is 3.16. The summed E-state index contributed by atoms with van der Waals surface area (Å²) in [5.41, 5.74) is 7.82. The van der Waals surface area contributed by atoms with Crippen LogP contribution in [0.5, 0.6) is 0 Å². The molecule has 92 valence electrons. The third kappa shape index (κ3) is 2.68. The van der Waals surface area contributed by atoms with Crippen molar-refractivity contribution >= 4 is 33.3 Å². The molecule has 2 rings (SSSR count). The van der Waals surface area contributed by atoms with Crippen LogP contribution in [0.2, 0.25) is 0 Å². The number of anilines is 2. The molecule has 0 aliphatic carbocycles. The number of nitrogen functional groups attached to an aromatic ring is 1. The van der Waals surface area contributed by atoms with E-state index < -0.39 is 0 Å². The minimum Gasteiger partial charge on any atom is -0.399 e. The summed E-state index contributed by atoms with van der Waals surface area (Å²) in [6.45, 7) is 1.86. The lowest BCUT2D eigenvalue weighted by Crippen LogP contribution is -2.13. The highest BCUT2D eigenvalue weighted by molar-refractivity contribution is 9.10. The van der Waals surface area contributed by atoms with E-state index in [1.807, 2.05) is 13.0 Å². The summed E-state index contributed by atoms with van der Waals surface area (Å²) in [6, 6.07) is 8.76. The largest absolute Gasteiger partial charge is 0.399 e. The predicted octanol–water partition coefficient (Wildman–Crippen LogP) is 2.99. The van der Waals surface area contributed by atoms with Crippen molar-refractivity contribution in [3.63, 3.8) is 0 Å². The van der Waals surface area contributed by atoms with Crippen LogP contribution in [0.15, 0.2) is 41.0 Å². The molecule has 1 aromatic carbocycles. The molecule has 0 radical (unpaired) electrons. The van der Waals surface area contributed by atoms with Crippen molar-refractivity contribution < 1.29 is 4.79 Å². The molecule has 0 unspecified atom stereocenters. The minimum atomic E-state index is -0.211. The molecule has 0 bridgehead atoms. The lowest BCUT2D eigenvalue weighted by atomic mass is 10.1. The molecular formula is C13H12BrN3O. The Kier molecular flexibility index (Phi) is 3.62. The van der Waals surface area contributed by atoms with Crippen molar-refractivity contribution in [1.82, 2.24) is 4.98 Å². The Morgan fingerprint density at radius 1 is 1.39 bits per heavy atom. The summed E-state index contributed by atoms with van der Waals surface area (Å²) < 4.78 is 0.741. The van der Waals surface area contributed by atoms with Gasteiger partial charge in [-0.15, -0.1) is 0 Å². The number of carbonyl (C=O) groups excluding carboxylic acids is 1. The van der Waals surface area contributed by atoms with Gasteiger partial charge >= 0.3 is 0 Å². The number of nitrogens with two attached hydrogens (primary N) is 1. The summed E-state index contributed by atoms with van der Waals surface area (Å²) in [5.74, 6) is 0.287. The molecule has 0 fully saturated rings. The Morgan fingerprint density at radius 2 is 2.17 bits per heavy atom. The number of nitrogens with one attached hydrogen (secondary N) is 1. The van der Waals surface area contributed by atoms with Crippen LogP contribution in [0, 0.1) is 6.92 Å². The summed E-state index contributed by atoms with van der Waals surface area (Å²) in [5, 5.41) is 2.74. The number of halogens is 1. The molecule has 4 nitrogen and oxygen atoms in total. The van der Waals surface area contributed by atoms with Crippen LogP contribution < -0.4 is 11.1 Å². The zero-order valence-corrected chi connectivity index (χ0v) is 11.4. The van der Waals surface area contributed by atoms with Crippen LogP contribution in [-0.4, -0.2) is 10.9 Å². The number of benzene rings is 1. The second-order valence-electron chi connectivity index (χ2n) is 3.86. The van der Waals surface area contributed by atoms with E-state index >= 15 is 0 Å². The number of amides is 1. The van der Waals surface area contributed by atoms with Crippen LogP contribution >= 0.6 is 15.9 Å². The maximum Gasteiger partial charge on any atom is 0.256 e. The molecule has 1 amide bonds. The predicted molar refractivity (Wildman–Crippen MR) is 75.5 cm³/mol. The quantitative estimate of drug-likeness (QED) is 0.838. The van der Waals surface area contributed by atoms with Gasteiger partial charge in [0.2, 0.25) is 0 Å². The van der Waals surface area contributed by atoms with Gasteiger partial charge in [-0.1, -0.05) is 0 Å². The SMILES string of the molecule is Cc1cc(C(=O)Nc2ncccc2Br)ccc1N. The Hall–Kier alpha value is -1.88. The summed E-state index contributed by atoms with van der Waals surface area (Å²) in [6.07, 6.45) is 1.62. The van der Waals surface area contributed by atoms with Gasteiger partial charge in [-0.2, -0.15) is 0 Å². The zero-order chi connectivity index (χ0) is 13.1. The van der Waals surface area contributed by atoms with Crippen molar-refractivity contribution in [3.8, 4) is 0 Å². The normalized spacial score (nSPS) is 10.1. The van der Waals surface area contributed by atoms with Gasteiger partial charge in [0.15, 0.2) is 0 Å². The first-order chi connectivity index (χ1) is 8.58. The summed E-state index contributed by atoms with van der Waals surface area (Å²) in [4.78, 5) is 16.1. The Labute approximate surface area is 113 Å². The number of aromatic nitrogens is 1. The molecule has 1 heterocycles. The maximum absolute atomic E-state index is 12.0. The van der Waals surface area contributed by atoms with E-state index in [2.05, 4.69) is 26.2 Å². The molecule has 0 atom stereocenters.